The zero-order chi connectivity index (χ0) is 44.6. The largest absolute Gasteiger partial charge is 0.508 e. The molecule has 0 aliphatic carbocycles. The summed E-state index contributed by atoms with van der Waals surface area (Å²) in [5.74, 6) is -1.66. The van der Waals surface area contributed by atoms with E-state index < -0.39 is 41.3 Å². The van der Waals surface area contributed by atoms with E-state index in [4.69, 9.17) is 9.72 Å². The highest BCUT2D eigenvalue weighted by Gasteiger charge is 2.39. The number of esters is 1. The van der Waals surface area contributed by atoms with E-state index in [1.165, 1.54) is 9.91 Å². The molecule has 0 unspecified atom stereocenters. The number of hydrazine groups is 1. The fraction of sp³-hybridized carbons (Fsp3) is 0.531. The van der Waals surface area contributed by atoms with Crippen LogP contribution in [0.15, 0.2) is 54.7 Å². The van der Waals surface area contributed by atoms with Crippen molar-refractivity contribution in [2.45, 2.75) is 111 Å². The van der Waals surface area contributed by atoms with E-state index in [1.54, 1.807) is 19.2 Å². The molecule has 2 aromatic carbocycles. The van der Waals surface area contributed by atoms with Gasteiger partial charge in [0.05, 0.1) is 23.9 Å². The lowest BCUT2D eigenvalue weighted by molar-refractivity contribution is -0.155. The smallest absolute Gasteiger partial charge is 0.324 e. The quantitative estimate of drug-likeness (QED) is 0.174. The topological polar surface area (TPSA) is 149 Å². The molecule has 13 heteroatoms. The molecule has 3 aliphatic rings. The predicted octanol–water partition coefficient (Wildman–Crippen LogP) is 6.30. The number of phenolic OH excluding ortho intramolecular Hbond substituents is 1. The second-order valence-corrected chi connectivity index (χ2v) is 19.2. The predicted molar refractivity (Wildman–Crippen MR) is 241 cm³/mol. The fourth-order valence-corrected chi connectivity index (χ4v) is 9.84. The number of phenols is 1. The number of benzene rings is 2. The van der Waals surface area contributed by atoms with Gasteiger partial charge in [-0.3, -0.25) is 29.2 Å². The summed E-state index contributed by atoms with van der Waals surface area (Å²) < 4.78 is 8.46. The van der Waals surface area contributed by atoms with Gasteiger partial charge in [0.2, 0.25) is 11.8 Å². The van der Waals surface area contributed by atoms with Crippen molar-refractivity contribution in [2.24, 2.45) is 17.3 Å². The molecule has 2 saturated heterocycles. The third-order valence-corrected chi connectivity index (χ3v) is 12.9. The number of ether oxygens (including phenoxy) is 1. The number of hydrogen-bond donors (Lipinski definition) is 3. The summed E-state index contributed by atoms with van der Waals surface area (Å²) in [7, 11) is 3.65. The van der Waals surface area contributed by atoms with Gasteiger partial charge >= 0.3 is 5.97 Å². The number of aryl methyl sites for hydroxylation is 1. The molecule has 0 spiro atoms. The number of pyridine rings is 1. The molecule has 0 radical (unpaired) electrons. The molecule has 3 N–H and O–H groups in total. The van der Waals surface area contributed by atoms with Crippen molar-refractivity contribution >= 4 is 34.6 Å². The van der Waals surface area contributed by atoms with Gasteiger partial charge in [-0.1, -0.05) is 53.7 Å². The number of aromatic nitrogens is 2. The Balaban J connectivity index is 1.33. The third kappa shape index (κ3) is 9.25. The normalized spacial score (nSPS) is 21.5. The van der Waals surface area contributed by atoms with Crippen LogP contribution in [0.4, 0.5) is 0 Å². The first-order valence-corrected chi connectivity index (χ1v) is 22.4. The van der Waals surface area contributed by atoms with Crippen LogP contribution in [0, 0.1) is 17.3 Å². The van der Waals surface area contributed by atoms with Crippen LogP contribution in [0.2, 0.25) is 0 Å². The van der Waals surface area contributed by atoms with Crippen molar-refractivity contribution in [1.29, 1.82) is 0 Å². The first-order chi connectivity index (χ1) is 29.5. The number of carbonyl (C=O) groups is 4. The van der Waals surface area contributed by atoms with E-state index in [9.17, 15) is 24.3 Å². The number of amides is 3. The van der Waals surface area contributed by atoms with Crippen LogP contribution >= 0.6 is 0 Å². The lowest BCUT2D eigenvalue weighted by Crippen LogP contribution is -2.62. The lowest BCUT2D eigenvalue weighted by atomic mass is 9.83. The van der Waals surface area contributed by atoms with Gasteiger partial charge in [-0.25, -0.2) is 5.43 Å². The van der Waals surface area contributed by atoms with Crippen LogP contribution in [0.3, 0.4) is 0 Å². The van der Waals surface area contributed by atoms with Crippen molar-refractivity contribution in [1.82, 2.24) is 35.1 Å². The average Bonchev–Trinajstić information content (AvgIpc) is 3.81. The second kappa shape index (κ2) is 18.2. The maximum Gasteiger partial charge on any atom is 0.324 e. The third-order valence-electron chi connectivity index (χ3n) is 12.9. The number of nitrogens with zero attached hydrogens (tertiary/aromatic N) is 5. The molecular formula is C49H65N7O6. The van der Waals surface area contributed by atoms with Crippen LogP contribution < -0.4 is 10.7 Å². The van der Waals surface area contributed by atoms with E-state index in [0.29, 0.717) is 44.5 Å². The van der Waals surface area contributed by atoms with Gasteiger partial charge in [0.25, 0.3) is 5.91 Å². The van der Waals surface area contributed by atoms with Gasteiger partial charge in [-0.15, -0.1) is 0 Å². The Hall–Kier alpha value is -5.27. The standard InChI is InChI=1S/C49H65N7O6/c1-10-55-41-16-15-32-25-37(41)38(44(55)36-13-11-18-50-42(36)29(2)3)26-49(6,7)28-62-48(61)39-14-12-19-56(52-39)47(60)40(23-31-21-34(32)24-35(57)22-31)51-45(58)43(30(4)5)54(9)46(59)33-17-20-53(8)27-33/h11,13,15-16,18,21-22,24-25,29-30,33,39-40,43,52,57H,10,12,14,17,19-20,23,26-28H2,1-9H3,(H,51,58)/t33-,39-,40-,43-/m0/s1. The van der Waals surface area contributed by atoms with Crippen LogP contribution in [0.5, 0.6) is 5.75 Å². The van der Waals surface area contributed by atoms with Crippen molar-refractivity contribution in [3.8, 4) is 28.1 Å². The van der Waals surface area contributed by atoms with Gasteiger partial charge < -0.3 is 29.5 Å². The number of nitrogens with one attached hydrogen (secondary N) is 2. The first-order valence-electron chi connectivity index (χ1n) is 22.4. The number of likely N-dealkylation sites (tertiary alicyclic amines) is 1. The molecule has 3 aliphatic heterocycles. The van der Waals surface area contributed by atoms with Crippen molar-refractivity contribution in [3.63, 3.8) is 0 Å². The number of rotatable bonds is 8. The maximum absolute atomic E-state index is 14.6. The van der Waals surface area contributed by atoms with Crippen LogP contribution in [-0.2, 0) is 43.3 Å². The van der Waals surface area contributed by atoms with E-state index >= 15 is 0 Å². The Morgan fingerprint density at radius 2 is 1.82 bits per heavy atom. The molecule has 4 atom stereocenters. The fourth-order valence-electron chi connectivity index (χ4n) is 9.84. The summed E-state index contributed by atoms with van der Waals surface area (Å²) in [6, 6.07) is 13.1. The Morgan fingerprint density at radius 3 is 2.52 bits per heavy atom. The molecule has 0 saturated carbocycles. The molecule has 332 valence electrons. The monoisotopic (exact) mass is 847 g/mol. The highest BCUT2D eigenvalue weighted by atomic mass is 16.5. The molecule has 5 heterocycles. The SMILES string of the molecule is CCn1c(-c2cccnc2C(C)C)c2c3cc(ccc31)-c1cc(O)cc(c1)C[C@H](NC(=O)[C@H](C(C)C)N(C)C(=O)[C@H]1CCN(C)C1)C(=O)N1CCC[C@H](N1)C(=O)OCC(C)(C)C2. The molecule has 2 fully saturated rings. The summed E-state index contributed by atoms with van der Waals surface area (Å²) in [6.07, 6.45) is 4.23. The van der Waals surface area contributed by atoms with Gasteiger partial charge in [0.15, 0.2) is 0 Å². The average molecular weight is 848 g/mol. The number of carbonyl (C=O) groups excluding carboxylic acids is 4. The summed E-state index contributed by atoms with van der Waals surface area (Å²) in [4.78, 5) is 65.1. The molecule has 2 aromatic heterocycles. The molecule has 62 heavy (non-hydrogen) atoms. The van der Waals surface area contributed by atoms with E-state index in [-0.39, 0.29) is 42.4 Å². The van der Waals surface area contributed by atoms with Crippen LogP contribution in [0.25, 0.3) is 33.3 Å². The highest BCUT2D eigenvalue weighted by molar-refractivity contribution is 5.96. The van der Waals surface area contributed by atoms with Crippen LogP contribution in [0.1, 0.15) is 90.5 Å². The Labute approximate surface area is 366 Å². The summed E-state index contributed by atoms with van der Waals surface area (Å²) in [5.41, 5.74) is 10.3. The van der Waals surface area contributed by atoms with Crippen LogP contribution in [-0.4, -0.2) is 112 Å². The Bertz CT molecular complexity index is 2330. The first kappa shape index (κ1) is 44.8. The minimum Gasteiger partial charge on any atom is -0.508 e. The Kier molecular flexibility index (Phi) is 13.2. The molecular weight excluding hydrogens is 783 g/mol. The molecule has 6 bridgehead atoms. The minimum absolute atomic E-state index is 0.0282. The van der Waals surface area contributed by atoms with E-state index in [1.807, 2.05) is 39.2 Å². The van der Waals surface area contributed by atoms with Crippen molar-refractivity contribution < 1.29 is 29.0 Å². The number of aromatic hydroxyl groups is 1. The van der Waals surface area contributed by atoms with Gasteiger partial charge in [0, 0.05) is 61.2 Å². The maximum atomic E-state index is 14.6. The molecule has 7 rings (SSSR count). The van der Waals surface area contributed by atoms with E-state index in [0.717, 1.165) is 57.5 Å². The summed E-state index contributed by atoms with van der Waals surface area (Å²) >= 11 is 0. The lowest BCUT2D eigenvalue weighted by Gasteiger charge is -2.37. The number of fused-ring (bicyclic) bond motifs is 6. The number of hydrogen-bond acceptors (Lipinski definition) is 9. The zero-order valence-electron chi connectivity index (χ0n) is 38.0. The second-order valence-electron chi connectivity index (χ2n) is 19.2. The molecule has 4 aromatic rings. The molecule has 13 nitrogen and oxygen atoms in total. The summed E-state index contributed by atoms with van der Waals surface area (Å²) in [6.45, 7) is 17.1. The van der Waals surface area contributed by atoms with Crippen molar-refractivity contribution in [2.75, 3.05) is 40.3 Å². The van der Waals surface area contributed by atoms with E-state index in [2.05, 4.69) is 79.1 Å². The summed E-state index contributed by atoms with van der Waals surface area (Å²) in [5, 5.41) is 16.8. The molecule has 3 amide bonds. The minimum atomic E-state index is -1.09. The van der Waals surface area contributed by atoms with Gasteiger partial charge in [-0.05, 0) is 117 Å². The zero-order valence-corrected chi connectivity index (χ0v) is 38.0. The number of likely N-dealkylation sites (N-methyl/N-ethyl adjacent to an activating group) is 1. The number of cyclic esters (lactones) is 1. The van der Waals surface area contributed by atoms with Gasteiger partial charge in [0.1, 0.15) is 23.9 Å². The highest BCUT2D eigenvalue weighted by Crippen LogP contribution is 2.42. The van der Waals surface area contributed by atoms with Gasteiger partial charge in [-0.2, -0.15) is 0 Å². The van der Waals surface area contributed by atoms with Crippen molar-refractivity contribution in [3.05, 3.63) is 71.5 Å². The Morgan fingerprint density at radius 1 is 1.05 bits per heavy atom.